The number of carbonyl (C=O) groups is 4. The highest BCUT2D eigenvalue weighted by Crippen LogP contribution is 2.23. The fourth-order valence-corrected chi connectivity index (χ4v) is 4.52. The van der Waals surface area contributed by atoms with Gasteiger partial charge in [0, 0.05) is 48.7 Å². The standard InChI is InChI=1S/C22H27N3O5S/c1-13(12-31-14(2)26)21(28)25-9-5-8-19(25)20(27)24-18(22(29)30)10-15-11-23-17-7-4-3-6-16(15)17/h3-4,6-7,11,13,18-19,23H,5,8-10,12H2,1-2H3,(H,24,27)(H,29,30)/t13?,18-,19-/m0/s1. The molecule has 2 heterocycles. The minimum absolute atomic E-state index is 0.0584. The predicted octanol–water partition coefficient (Wildman–Crippen LogP) is 2.19. The highest BCUT2D eigenvalue weighted by Gasteiger charge is 2.37. The minimum Gasteiger partial charge on any atom is -0.480 e. The Morgan fingerprint density at radius 3 is 2.74 bits per heavy atom. The Labute approximate surface area is 184 Å². The molecule has 0 saturated carbocycles. The van der Waals surface area contributed by atoms with E-state index in [1.54, 1.807) is 13.1 Å². The van der Waals surface area contributed by atoms with Crippen LogP contribution in [0.1, 0.15) is 32.3 Å². The molecule has 2 aromatic rings. The van der Waals surface area contributed by atoms with E-state index in [4.69, 9.17) is 0 Å². The van der Waals surface area contributed by atoms with Gasteiger partial charge in [-0.25, -0.2) is 4.79 Å². The Hall–Kier alpha value is -2.81. The lowest BCUT2D eigenvalue weighted by Gasteiger charge is -2.27. The van der Waals surface area contributed by atoms with Crippen molar-refractivity contribution in [2.45, 2.75) is 45.2 Å². The monoisotopic (exact) mass is 445 g/mol. The van der Waals surface area contributed by atoms with Gasteiger partial charge in [-0.2, -0.15) is 0 Å². The Kier molecular flexibility index (Phi) is 7.37. The third-order valence-electron chi connectivity index (χ3n) is 5.51. The second kappa shape index (κ2) is 10.00. The second-order valence-corrected chi connectivity index (χ2v) is 9.05. The van der Waals surface area contributed by atoms with Crippen molar-refractivity contribution >= 4 is 45.6 Å². The van der Waals surface area contributed by atoms with Crippen LogP contribution >= 0.6 is 11.8 Å². The lowest BCUT2D eigenvalue weighted by atomic mass is 10.0. The number of nitrogens with one attached hydrogen (secondary N) is 2. The van der Waals surface area contributed by atoms with E-state index in [1.807, 2.05) is 24.3 Å². The first-order chi connectivity index (χ1) is 14.8. The van der Waals surface area contributed by atoms with E-state index in [0.717, 1.165) is 28.2 Å². The summed E-state index contributed by atoms with van der Waals surface area (Å²) >= 11 is 1.09. The molecule has 1 aromatic heterocycles. The number of nitrogens with zero attached hydrogens (tertiary/aromatic N) is 1. The first-order valence-electron chi connectivity index (χ1n) is 10.3. The fraction of sp³-hybridized carbons (Fsp3) is 0.455. The number of carboxylic acid groups (broad SMARTS) is 1. The van der Waals surface area contributed by atoms with E-state index < -0.39 is 29.9 Å². The number of likely N-dealkylation sites (tertiary alicyclic amines) is 1. The smallest absolute Gasteiger partial charge is 0.326 e. The molecule has 0 radical (unpaired) electrons. The minimum atomic E-state index is -1.12. The van der Waals surface area contributed by atoms with Crippen molar-refractivity contribution in [2.24, 2.45) is 5.92 Å². The van der Waals surface area contributed by atoms with Gasteiger partial charge in [0.25, 0.3) is 0 Å². The number of aromatic amines is 1. The van der Waals surface area contributed by atoms with Crippen LogP contribution in [0, 0.1) is 5.92 Å². The lowest BCUT2D eigenvalue weighted by molar-refractivity contribution is -0.144. The summed E-state index contributed by atoms with van der Waals surface area (Å²) in [5, 5.41) is 13.2. The largest absolute Gasteiger partial charge is 0.480 e. The van der Waals surface area contributed by atoms with Crippen LogP contribution in [-0.2, 0) is 25.6 Å². The average molecular weight is 446 g/mol. The number of para-hydroxylation sites is 1. The van der Waals surface area contributed by atoms with E-state index >= 15 is 0 Å². The van der Waals surface area contributed by atoms with Gasteiger partial charge in [-0.1, -0.05) is 36.9 Å². The first-order valence-corrected chi connectivity index (χ1v) is 11.3. The molecule has 8 nitrogen and oxygen atoms in total. The molecule has 1 aliphatic heterocycles. The quantitative estimate of drug-likeness (QED) is 0.573. The van der Waals surface area contributed by atoms with Crippen LogP contribution in [0.3, 0.4) is 0 Å². The van der Waals surface area contributed by atoms with Gasteiger partial charge in [-0.05, 0) is 24.5 Å². The summed E-state index contributed by atoms with van der Waals surface area (Å²) in [6.07, 6.45) is 3.06. The molecule has 1 saturated heterocycles. The van der Waals surface area contributed by atoms with Crippen molar-refractivity contribution in [3.05, 3.63) is 36.0 Å². The van der Waals surface area contributed by atoms with E-state index in [-0.39, 0.29) is 17.4 Å². The normalized spacial score (nSPS) is 18.0. The summed E-state index contributed by atoms with van der Waals surface area (Å²) in [4.78, 5) is 53.4. The van der Waals surface area contributed by atoms with E-state index in [9.17, 15) is 24.3 Å². The van der Waals surface area contributed by atoms with Crippen LogP contribution in [0.2, 0.25) is 0 Å². The number of H-pyrrole nitrogens is 1. The predicted molar refractivity (Wildman–Crippen MR) is 119 cm³/mol. The fourth-order valence-electron chi connectivity index (χ4n) is 3.89. The summed E-state index contributed by atoms with van der Waals surface area (Å²) in [7, 11) is 0. The number of thioether (sulfide) groups is 1. The summed E-state index contributed by atoms with van der Waals surface area (Å²) < 4.78 is 0. The van der Waals surface area contributed by atoms with Crippen molar-refractivity contribution in [1.29, 1.82) is 0 Å². The Balaban J connectivity index is 1.67. The van der Waals surface area contributed by atoms with Crippen LogP contribution in [0.25, 0.3) is 10.9 Å². The number of rotatable bonds is 8. The molecule has 1 unspecified atom stereocenters. The van der Waals surface area contributed by atoms with Crippen LogP contribution in [-0.4, -0.2) is 62.3 Å². The molecule has 1 aromatic carbocycles. The van der Waals surface area contributed by atoms with Crippen molar-refractivity contribution < 1.29 is 24.3 Å². The molecule has 31 heavy (non-hydrogen) atoms. The van der Waals surface area contributed by atoms with Crippen molar-refractivity contribution in [1.82, 2.24) is 15.2 Å². The van der Waals surface area contributed by atoms with Gasteiger partial charge in [0.1, 0.15) is 12.1 Å². The van der Waals surface area contributed by atoms with Crippen molar-refractivity contribution in [2.75, 3.05) is 12.3 Å². The van der Waals surface area contributed by atoms with Gasteiger partial charge < -0.3 is 20.3 Å². The number of aromatic nitrogens is 1. The molecule has 166 valence electrons. The number of aliphatic carboxylic acids is 1. The Morgan fingerprint density at radius 1 is 1.29 bits per heavy atom. The maximum Gasteiger partial charge on any atom is 0.326 e. The Bertz CT molecular complexity index is 988. The van der Waals surface area contributed by atoms with Crippen molar-refractivity contribution in [3.63, 3.8) is 0 Å². The highest BCUT2D eigenvalue weighted by molar-refractivity contribution is 8.13. The molecule has 9 heteroatoms. The molecule has 1 aliphatic rings. The topological polar surface area (TPSA) is 120 Å². The molecule has 3 rings (SSSR count). The third-order valence-corrected chi connectivity index (χ3v) is 6.58. The number of hydrogen-bond acceptors (Lipinski definition) is 5. The zero-order valence-corrected chi connectivity index (χ0v) is 18.4. The number of carbonyl (C=O) groups excluding carboxylic acids is 3. The van der Waals surface area contributed by atoms with Crippen molar-refractivity contribution in [3.8, 4) is 0 Å². The van der Waals surface area contributed by atoms with Gasteiger partial charge in [0.2, 0.25) is 11.8 Å². The summed E-state index contributed by atoms with van der Waals surface area (Å²) in [5.74, 6) is -1.80. The molecule has 0 bridgehead atoms. The zero-order chi connectivity index (χ0) is 22.5. The highest BCUT2D eigenvalue weighted by atomic mass is 32.2. The zero-order valence-electron chi connectivity index (χ0n) is 17.6. The summed E-state index contributed by atoms with van der Waals surface area (Å²) in [5.41, 5.74) is 1.70. The average Bonchev–Trinajstić information content (AvgIpc) is 3.38. The molecular formula is C22H27N3O5S. The number of amides is 2. The maximum absolute atomic E-state index is 12.9. The van der Waals surface area contributed by atoms with Crippen LogP contribution in [0.4, 0.5) is 0 Å². The number of carboxylic acids is 1. The molecule has 3 N–H and O–H groups in total. The first kappa shape index (κ1) is 22.9. The van der Waals surface area contributed by atoms with Gasteiger partial charge in [0.05, 0.1) is 0 Å². The summed E-state index contributed by atoms with van der Waals surface area (Å²) in [6, 6.07) is 5.78. The molecule has 2 amide bonds. The van der Waals surface area contributed by atoms with Crippen LogP contribution in [0.5, 0.6) is 0 Å². The summed E-state index contributed by atoms with van der Waals surface area (Å²) in [6.45, 7) is 3.64. The molecular weight excluding hydrogens is 418 g/mol. The number of hydrogen-bond donors (Lipinski definition) is 3. The van der Waals surface area contributed by atoms with Gasteiger partial charge in [0.15, 0.2) is 5.12 Å². The van der Waals surface area contributed by atoms with Gasteiger partial charge in [-0.15, -0.1) is 0 Å². The van der Waals surface area contributed by atoms with E-state index in [1.165, 1.54) is 11.8 Å². The molecule has 0 spiro atoms. The number of fused-ring (bicyclic) bond motifs is 1. The number of benzene rings is 1. The molecule has 0 aliphatic carbocycles. The van der Waals surface area contributed by atoms with Gasteiger partial charge >= 0.3 is 5.97 Å². The third kappa shape index (κ3) is 5.46. The lowest BCUT2D eigenvalue weighted by Crippen LogP contribution is -2.52. The Morgan fingerprint density at radius 2 is 2.03 bits per heavy atom. The molecule has 1 fully saturated rings. The SMILES string of the molecule is CC(=O)SCC(C)C(=O)N1CCC[C@H]1C(=O)N[C@@H](Cc1c[nH]c2ccccc12)C(=O)O. The van der Waals surface area contributed by atoms with E-state index in [2.05, 4.69) is 10.3 Å². The van der Waals surface area contributed by atoms with Crippen LogP contribution < -0.4 is 5.32 Å². The second-order valence-electron chi connectivity index (χ2n) is 7.86. The molecule has 3 atom stereocenters. The van der Waals surface area contributed by atoms with Crippen LogP contribution in [0.15, 0.2) is 30.5 Å². The van der Waals surface area contributed by atoms with Gasteiger partial charge in [-0.3, -0.25) is 14.4 Å². The maximum atomic E-state index is 12.9. The van der Waals surface area contributed by atoms with E-state index in [0.29, 0.717) is 25.1 Å².